The van der Waals surface area contributed by atoms with Crippen LogP contribution in [0.15, 0.2) is 42.2 Å². The van der Waals surface area contributed by atoms with Gasteiger partial charge in [-0.1, -0.05) is 18.2 Å². The summed E-state index contributed by atoms with van der Waals surface area (Å²) in [6.45, 7) is 4.80. The van der Waals surface area contributed by atoms with Crippen molar-refractivity contribution in [2.75, 3.05) is 31.5 Å². The van der Waals surface area contributed by atoms with Crippen molar-refractivity contribution in [1.29, 1.82) is 0 Å². The Morgan fingerprint density at radius 2 is 2.07 bits per heavy atom. The molecule has 3 heterocycles. The highest BCUT2D eigenvalue weighted by Crippen LogP contribution is 2.37. The maximum atomic E-state index is 13.4. The Morgan fingerprint density at radius 1 is 1.31 bits per heavy atom. The summed E-state index contributed by atoms with van der Waals surface area (Å²) in [5.74, 6) is -1.31. The van der Waals surface area contributed by atoms with E-state index in [-0.39, 0.29) is 51.7 Å². The Balaban J connectivity index is 1.59. The van der Waals surface area contributed by atoms with E-state index >= 15 is 0 Å². The van der Waals surface area contributed by atoms with E-state index in [1.165, 1.54) is 41.5 Å². The number of carbonyl (C=O) groups excluding carboxylic acids is 1. The predicted molar refractivity (Wildman–Crippen MR) is 155 cm³/mol. The molecule has 224 valence electrons. The van der Waals surface area contributed by atoms with Crippen LogP contribution in [0.3, 0.4) is 0 Å². The second kappa shape index (κ2) is 14.2. The largest absolute Gasteiger partial charge is 0.480 e. The van der Waals surface area contributed by atoms with Crippen molar-refractivity contribution in [1.82, 2.24) is 29.8 Å². The van der Waals surface area contributed by atoms with E-state index in [0.717, 1.165) is 25.9 Å². The lowest BCUT2D eigenvalue weighted by Gasteiger charge is -2.32. The molecule has 2 aromatic heterocycles. The molecule has 0 unspecified atom stereocenters. The first-order valence-electron chi connectivity index (χ1n) is 13.2. The van der Waals surface area contributed by atoms with Gasteiger partial charge in [-0.15, -0.1) is 0 Å². The molecule has 0 atom stereocenters. The first-order valence-corrected chi connectivity index (χ1v) is 13.6. The molecule has 0 bridgehead atoms. The van der Waals surface area contributed by atoms with Crippen LogP contribution in [-0.2, 0) is 11.3 Å². The Kier molecular flexibility index (Phi) is 10.4. The second-order valence-electron chi connectivity index (χ2n) is 9.41. The van der Waals surface area contributed by atoms with Crippen LogP contribution in [0.5, 0.6) is 5.75 Å². The summed E-state index contributed by atoms with van der Waals surface area (Å²) < 4.78 is 34.2. The third-order valence-electron chi connectivity index (χ3n) is 6.64. The lowest BCUT2D eigenvalue weighted by molar-refractivity contribution is -0.136. The van der Waals surface area contributed by atoms with E-state index in [1.807, 2.05) is 0 Å². The van der Waals surface area contributed by atoms with Gasteiger partial charge in [0.05, 0.1) is 25.0 Å². The van der Waals surface area contributed by atoms with E-state index in [4.69, 9.17) is 21.4 Å². The Labute approximate surface area is 245 Å². The van der Waals surface area contributed by atoms with Crippen LogP contribution >= 0.6 is 11.6 Å². The molecule has 0 aliphatic carbocycles. The number of piperidine rings is 1. The maximum Gasteiger partial charge on any atom is 0.387 e. The predicted octanol–water partition coefficient (Wildman–Crippen LogP) is 4.22. The lowest BCUT2D eigenvalue weighted by atomic mass is 10.1. The molecule has 1 amide bonds. The fourth-order valence-corrected chi connectivity index (χ4v) is 4.81. The SMILES string of the molecule is C=Cn1ncc(C(=O)Nc2cn(CCN3CCC(NCC(=O)O)CC3)nc2-c2cc(Cl)ccc2OC(F)F)c1N=CC. The van der Waals surface area contributed by atoms with Crippen LogP contribution < -0.4 is 15.4 Å². The van der Waals surface area contributed by atoms with Gasteiger partial charge in [-0.3, -0.25) is 14.3 Å². The van der Waals surface area contributed by atoms with Gasteiger partial charge in [-0.05, 0) is 51.1 Å². The third-order valence-corrected chi connectivity index (χ3v) is 6.87. The van der Waals surface area contributed by atoms with Gasteiger partial charge in [-0.2, -0.15) is 19.0 Å². The molecule has 1 aliphatic rings. The number of amides is 1. The topological polar surface area (TPSA) is 139 Å². The standard InChI is InChI=1S/C27H31ClF2N8O4/c1-3-31-25-20(14-33-38(25)4-2)26(41)34-21-16-37(12-11-36-9-7-18(8-10-36)32-15-23(39)40)35-24(21)19-13-17(28)5-6-22(19)42-27(29)30/h3-6,13-14,16,18,27,32H,2,7-12,15H2,1H3,(H,34,41)(H,39,40). The zero-order valence-electron chi connectivity index (χ0n) is 22.8. The molecule has 0 spiro atoms. The summed E-state index contributed by atoms with van der Waals surface area (Å²) in [6.07, 6.45) is 7.49. The lowest BCUT2D eigenvalue weighted by Crippen LogP contribution is -2.44. The summed E-state index contributed by atoms with van der Waals surface area (Å²) in [7, 11) is 0. The van der Waals surface area contributed by atoms with Crippen molar-refractivity contribution in [2.24, 2.45) is 4.99 Å². The monoisotopic (exact) mass is 604 g/mol. The molecule has 0 saturated carbocycles. The number of likely N-dealkylation sites (tertiary alicyclic amines) is 1. The summed E-state index contributed by atoms with van der Waals surface area (Å²) >= 11 is 6.21. The van der Waals surface area contributed by atoms with E-state index in [2.05, 4.69) is 37.3 Å². The quantitative estimate of drug-likeness (QED) is 0.247. The molecule has 1 aromatic carbocycles. The first kappa shape index (κ1) is 30.8. The first-order chi connectivity index (χ1) is 20.2. The number of nitrogens with zero attached hydrogens (tertiary/aromatic N) is 6. The zero-order chi connectivity index (χ0) is 30.2. The fraction of sp³-hybridized carbons (Fsp3) is 0.370. The van der Waals surface area contributed by atoms with Crippen LogP contribution in [0, 0.1) is 0 Å². The minimum Gasteiger partial charge on any atom is -0.480 e. The van der Waals surface area contributed by atoms with Gasteiger partial charge in [-0.25, -0.2) is 9.67 Å². The van der Waals surface area contributed by atoms with E-state index in [0.29, 0.717) is 13.1 Å². The number of carboxylic acid groups (broad SMARTS) is 1. The molecular weight excluding hydrogens is 574 g/mol. The summed E-state index contributed by atoms with van der Waals surface area (Å²) in [6, 6.07) is 4.32. The summed E-state index contributed by atoms with van der Waals surface area (Å²) in [5.41, 5.74) is 0.780. The minimum absolute atomic E-state index is 0.0728. The minimum atomic E-state index is -3.09. The number of ether oxygens (including phenoxy) is 1. The summed E-state index contributed by atoms with van der Waals surface area (Å²) in [4.78, 5) is 30.6. The van der Waals surface area contributed by atoms with Crippen molar-refractivity contribution in [3.63, 3.8) is 0 Å². The Bertz CT molecular complexity index is 1450. The molecule has 1 fully saturated rings. The maximum absolute atomic E-state index is 13.4. The number of halogens is 3. The average Bonchev–Trinajstić information content (AvgIpc) is 3.56. The Morgan fingerprint density at radius 3 is 2.74 bits per heavy atom. The number of carbonyl (C=O) groups is 2. The second-order valence-corrected chi connectivity index (χ2v) is 9.85. The van der Waals surface area contributed by atoms with Crippen LogP contribution in [0.2, 0.25) is 5.02 Å². The van der Waals surface area contributed by atoms with Gasteiger partial charge in [0.15, 0.2) is 5.82 Å². The van der Waals surface area contributed by atoms with Crippen LogP contribution in [-0.4, -0.2) is 86.5 Å². The number of aliphatic carboxylic acids is 1. The third kappa shape index (κ3) is 7.78. The molecule has 12 nitrogen and oxygen atoms in total. The number of hydrogen-bond donors (Lipinski definition) is 3. The number of aliphatic imine (C=N–C) groups is 1. The molecule has 3 N–H and O–H groups in total. The zero-order valence-corrected chi connectivity index (χ0v) is 23.6. The normalized spacial score (nSPS) is 14.5. The highest BCUT2D eigenvalue weighted by Gasteiger charge is 2.24. The van der Waals surface area contributed by atoms with Crippen LogP contribution in [0.25, 0.3) is 17.5 Å². The average molecular weight is 605 g/mol. The number of anilines is 1. The van der Waals surface area contributed by atoms with Gasteiger partial charge >= 0.3 is 12.6 Å². The molecule has 42 heavy (non-hydrogen) atoms. The smallest absolute Gasteiger partial charge is 0.387 e. The number of nitrogens with one attached hydrogen (secondary N) is 2. The molecule has 15 heteroatoms. The Hall–Kier alpha value is -4.14. The molecule has 4 rings (SSSR count). The number of aromatic nitrogens is 4. The van der Waals surface area contributed by atoms with Crippen molar-refractivity contribution in [3.05, 3.63) is 47.8 Å². The van der Waals surface area contributed by atoms with Crippen molar-refractivity contribution < 1.29 is 28.2 Å². The van der Waals surface area contributed by atoms with E-state index in [1.54, 1.807) is 17.8 Å². The van der Waals surface area contributed by atoms with Crippen molar-refractivity contribution in [3.8, 4) is 17.0 Å². The highest BCUT2D eigenvalue weighted by atomic mass is 35.5. The van der Waals surface area contributed by atoms with Crippen molar-refractivity contribution in [2.45, 2.75) is 39.0 Å². The van der Waals surface area contributed by atoms with Crippen molar-refractivity contribution >= 4 is 47.4 Å². The molecular formula is C27H31ClF2N8O4. The number of rotatable bonds is 13. The van der Waals surface area contributed by atoms with Gasteiger partial charge in [0, 0.05) is 41.8 Å². The van der Waals surface area contributed by atoms with Gasteiger partial charge in [0.2, 0.25) is 0 Å². The number of benzene rings is 1. The van der Waals surface area contributed by atoms with E-state index in [9.17, 15) is 18.4 Å². The van der Waals surface area contributed by atoms with Gasteiger partial charge in [0.25, 0.3) is 5.91 Å². The highest BCUT2D eigenvalue weighted by molar-refractivity contribution is 6.31. The number of carboxylic acids is 1. The van der Waals surface area contributed by atoms with Gasteiger partial charge < -0.3 is 25.4 Å². The number of hydrogen-bond acceptors (Lipinski definition) is 8. The number of alkyl halides is 2. The molecule has 1 saturated heterocycles. The molecule has 0 radical (unpaired) electrons. The van der Waals surface area contributed by atoms with E-state index < -0.39 is 18.5 Å². The molecule has 3 aromatic rings. The summed E-state index contributed by atoms with van der Waals surface area (Å²) in [5, 5.41) is 23.7. The molecule has 1 aliphatic heterocycles. The van der Waals surface area contributed by atoms with Crippen LogP contribution in [0.1, 0.15) is 30.1 Å². The van der Waals surface area contributed by atoms with Gasteiger partial charge in [0.1, 0.15) is 17.0 Å². The fourth-order valence-electron chi connectivity index (χ4n) is 4.64. The van der Waals surface area contributed by atoms with Crippen LogP contribution in [0.4, 0.5) is 20.3 Å².